The number of aromatic amines is 1. The van der Waals surface area contributed by atoms with Gasteiger partial charge in [-0.25, -0.2) is 4.39 Å². The third kappa shape index (κ3) is 6.01. The first-order valence-electron chi connectivity index (χ1n) is 13.0. The predicted molar refractivity (Wildman–Crippen MR) is 158 cm³/mol. The molecule has 0 aliphatic heterocycles. The molecule has 1 atom stereocenters. The van der Waals surface area contributed by atoms with Gasteiger partial charge in [-0.15, -0.1) is 0 Å². The number of aromatic nitrogens is 1. The molecule has 1 unspecified atom stereocenters. The number of allylic oxidation sites excluding steroid dienone is 6. The monoisotopic (exact) mass is 523 g/mol. The standard InChI is InChI=1S/C33H34FN3O2/c1-6-10-24(31(38)37-33(3,4)25-11-8-7-9-12-25)19-21(2)23-15-18-28-27(20-23)29(32(39)35-5)30(36-28)22-13-16-26(34)17-14-22/h6-11,13-20,25,36H,2,12H2,1,3-5H3,(H,35,39)(H,37,38). The summed E-state index contributed by atoms with van der Waals surface area (Å²) in [4.78, 5) is 29.6. The molecule has 0 bridgehead atoms. The SMILES string of the molecule is C=C(C=C(C=CC)C(=O)NC(C)(C)C1C=CC=CC1)c1ccc2[nH]c(-c3ccc(F)cc3)c(C(=O)NC)c2c1. The van der Waals surface area contributed by atoms with Crippen molar-refractivity contribution in [3.63, 3.8) is 0 Å². The van der Waals surface area contributed by atoms with E-state index in [9.17, 15) is 14.0 Å². The lowest BCUT2D eigenvalue weighted by molar-refractivity contribution is -0.119. The number of fused-ring (bicyclic) bond motifs is 1. The van der Waals surface area contributed by atoms with E-state index in [-0.39, 0.29) is 23.5 Å². The van der Waals surface area contributed by atoms with Crippen molar-refractivity contribution in [3.8, 4) is 11.3 Å². The van der Waals surface area contributed by atoms with Crippen molar-refractivity contribution in [3.05, 3.63) is 114 Å². The van der Waals surface area contributed by atoms with Crippen LogP contribution >= 0.6 is 0 Å². The van der Waals surface area contributed by atoms with Crippen molar-refractivity contribution in [1.82, 2.24) is 15.6 Å². The number of hydrogen-bond donors (Lipinski definition) is 3. The highest BCUT2D eigenvalue weighted by Gasteiger charge is 2.29. The van der Waals surface area contributed by atoms with Gasteiger partial charge in [0.2, 0.25) is 0 Å². The predicted octanol–water partition coefficient (Wildman–Crippen LogP) is 6.88. The number of nitrogens with one attached hydrogen (secondary N) is 3. The second kappa shape index (κ2) is 11.5. The molecule has 6 heteroatoms. The molecule has 2 amide bonds. The van der Waals surface area contributed by atoms with Gasteiger partial charge in [0, 0.05) is 35.0 Å². The van der Waals surface area contributed by atoms with E-state index in [1.807, 2.05) is 57.2 Å². The van der Waals surface area contributed by atoms with Crippen LogP contribution in [0.15, 0.2) is 97.1 Å². The van der Waals surface area contributed by atoms with Gasteiger partial charge < -0.3 is 15.6 Å². The van der Waals surface area contributed by atoms with Gasteiger partial charge in [-0.05, 0) is 86.4 Å². The molecule has 39 heavy (non-hydrogen) atoms. The Labute approximate surface area is 228 Å². The van der Waals surface area contributed by atoms with Crippen LogP contribution in [0.3, 0.4) is 0 Å². The fourth-order valence-corrected chi connectivity index (χ4v) is 4.80. The van der Waals surface area contributed by atoms with Gasteiger partial charge in [0.1, 0.15) is 5.82 Å². The van der Waals surface area contributed by atoms with Gasteiger partial charge in [0.05, 0.1) is 11.3 Å². The largest absolute Gasteiger partial charge is 0.355 e. The van der Waals surface area contributed by atoms with Crippen molar-refractivity contribution in [2.24, 2.45) is 5.92 Å². The minimum atomic E-state index is -0.441. The molecule has 3 N–H and O–H groups in total. The van der Waals surface area contributed by atoms with E-state index in [4.69, 9.17) is 0 Å². The zero-order valence-corrected chi connectivity index (χ0v) is 22.8. The third-order valence-electron chi connectivity index (χ3n) is 7.04. The topological polar surface area (TPSA) is 74.0 Å². The first-order valence-corrected chi connectivity index (χ1v) is 13.0. The van der Waals surface area contributed by atoms with Gasteiger partial charge >= 0.3 is 0 Å². The summed E-state index contributed by atoms with van der Waals surface area (Å²) in [5.41, 5.74) is 3.96. The smallest absolute Gasteiger partial charge is 0.253 e. The van der Waals surface area contributed by atoms with Crippen LogP contribution in [0.1, 0.15) is 43.1 Å². The zero-order valence-electron chi connectivity index (χ0n) is 22.8. The number of rotatable bonds is 8. The van der Waals surface area contributed by atoms with Crippen molar-refractivity contribution in [2.45, 2.75) is 32.7 Å². The van der Waals surface area contributed by atoms with Crippen LogP contribution in [0.5, 0.6) is 0 Å². The van der Waals surface area contributed by atoms with E-state index in [1.165, 1.54) is 12.1 Å². The maximum Gasteiger partial charge on any atom is 0.253 e. The third-order valence-corrected chi connectivity index (χ3v) is 7.04. The molecule has 0 spiro atoms. The van der Waals surface area contributed by atoms with E-state index >= 15 is 0 Å². The number of carbonyl (C=O) groups is 2. The average molecular weight is 524 g/mol. The highest BCUT2D eigenvalue weighted by atomic mass is 19.1. The fourth-order valence-electron chi connectivity index (χ4n) is 4.80. The summed E-state index contributed by atoms with van der Waals surface area (Å²) in [5, 5.41) is 6.59. The van der Waals surface area contributed by atoms with Crippen molar-refractivity contribution in [1.29, 1.82) is 0 Å². The lowest BCUT2D eigenvalue weighted by Crippen LogP contribution is -2.49. The minimum Gasteiger partial charge on any atom is -0.355 e. The maximum absolute atomic E-state index is 13.5. The molecule has 2 aromatic carbocycles. The Hall–Kier alpha value is -4.45. The lowest BCUT2D eigenvalue weighted by atomic mass is 9.82. The fraction of sp³-hybridized carbons (Fsp3) is 0.212. The lowest BCUT2D eigenvalue weighted by Gasteiger charge is -2.34. The van der Waals surface area contributed by atoms with Crippen LogP contribution in [0.4, 0.5) is 4.39 Å². The number of amides is 2. The normalized spacial score (nSPS) is 15.6. The van der Waals surface area contributed by atoms with Gasteiger partial charge in [0.25, 0.3) is 11.8 Å². The Morgan fingerprint density at radius 3 is 2.51 bits per heavy atom. The minimum absolute atomic E-state index is 0.186. The summed E-state index contributed by atoms with van der Waals surface area (Å²) >= 11 is 0. The van der Waals surface area contributed by atoms with E-state index in [2.05, 4.69) is 34.3 Å². The van der Waals surface area contributed by atoms with E-state index in [0.29, 0.717) is 33.4 Å². The van der Waals surface area contributed by atoms with Crippen LogP contribution in [0.2, 0.25) is 0 Å². The van der Waals surface area contributed by atoms with E-state index in [1.54, 1.807) is 31.3 Å². The average Bonchev–Trinajstić information content (AvgIpc) is 3.31. The Kier molecular flexibility index (Phi) is 8.15. The maximum atomic E-state index is 13.5. The number of halogens is 1. The Morgan fingerprint density at radius 2 is 1.87 bits per heavy atom. The van der Waals surface area contributed by atoms with Gasteiger partial charge in [-0.3, -0.25) is 9.59 Å². The molecule has 200 valence electrons. The second-order valence-electron chi connectivity index (χ2n) is 10.2. The first kappa shape index (κ1) is 27.6. The zero-order chi connectivity index (χ0) is 28.2. The van der Waals surface area contributed by atoms with E-state index in [0.717, 1.165) is 17.5 Å². The molecule has 1 aliphatic rings. The van der Waals surface area contributed by atoms with Crippen LogP contribution in [0.25, 0.3) is 27.7 Å². The molecule has 3 aromatic rings. The summed E-state index contributed by atoms with van der Waals surface area (Å²) in [6.45, 7) is 10.1. The Bertz CT molecular complexity index is 1530. The molecule has 1 aromatic heterocycles. The number of carbonyl (C=O) groups excluding carboxylic acids is 2. The molecule has 5 nitrogen and oxygen atoms in total. The molecule has 1 aliphatic carbocycles. The molecule has 4 rings (SSSR count). The summed E-state index contributed by atoms with van der Waals surface area (Å²) in [6, 6.07) is 11.7. The van der Waals surface area contributed by atoms with Gasteiger partial charge in [-0.2, -0.15) is 0 Å². The summed E-state index contributed by atoms with van der Waals surface area (Å²) < 4.78 is 13.5. The second-order valence-corrected chi connectivity index (χ2v) is 10.2. The Morgan fingerprint density at radius 1 is 1.13 bits per heavy atom. The van der Waals surface area contributed by atoms with Crippen LogP contribution in [-0.4, -0.2) is 29.4 Å². The Balaban J connectivity index is 1.68. The molecule has 0 radical (unpaired) electrons. The van der Waals surface area contributed by atoms with E-state index < -0.39 is 5.54 Å². The van der Waals surface area contributed by atoms with Crippen LogP contribution in [-0.2, 0) is 4.79 Å². The molecule has 0 fully saturated rings. The summed E-state index contributed by atoms with van der Waals surface area (Å²) in [7, 11) is 1.57. The van der Waals surface area contributed by atoms with Crippen molar-refractivity contribution >= 4 is 28.3 Å². The van der Waals surface area contributed by atoms with Crippen molar-refractivity contribution in [2.75, 3.05) is 7.05 Å². The highest BCUT2D eigenvalue weighted by molar-refractivity contribution is 6.13. The summed E-state index contributed by atoms with van der Waals surface area (Å²) in [6.07, 6.45) is 14.5. The molecule has 0 saturated carbocycles. The van der Waals surface area contributed by atoms with Gasteiger partial charge in [0.15, 0.2) is 0 Å². The first-order chi connectivity index (χ1) is 18.6. The molecular weight excluding hydrogens is 489 g/mol. The highest BCUT2D eigenvalue weighted by Crippen LogP contribution is 2.33. The molecular formula is C33H34FN3O2. The molecule has 0 saturated heterocycles. The number of H-pyrrole nitrogens is 1. The van der Waals surface area contributed by atoms with Crippen LogP contribution in [0, 0.1) is 11.7 Å². The quantitative estimate of drug-likeness (QED) is 0.223. The molecule has 1 heterocycles. The van der Waals surface area contributed by atoms with Crippen molar-refractivity contribution < 1.29 is 14.0 Å². The van der Waals surface area contributed by atoms with Crippen LogP contribution < -0.4 is 10.6 Å². The summed E-state index contributed by atoms with van der Waals surface area (Å²) in [5.74, 6) is -0.606. The number of hydrogen-bond acceptors (Lipinski definition) is 2. The van der Waals surface area contributed by atoms with Gasteiger partial charge in [-0.1, -0.05) is 49.1 Å². The number of benzene rings is 2.